The van der Waals surface area contributed by atoms with Crippen LogP contribution in [-0.4, -0.2) is 28.0 Å². The fourth-order valence-electron chi connectivity index (χ4n) is 2.57. The SMILES string of the molecule is CC1CC(C)(C)CC1(O)C(F)C(=O)O. The minimum Gasteiger partial charge on any atom is -0.479 e. The summed E-state index contributed by atoms with van der Waals surface area (Å²) >= 11 is 0. The lowest BCUT2D eigenvalue weighted by Crippen LogP contribution is -2.46. The van der Waals surface area contributed by atoms with Crippen LogP contribution >= 0.6 is 0 Å². The van der Waals surface area contributed by atoms with E-state index in [1.807, 2.05) is 13.8 Å². The number of carbonyl (C=O) groups is 1. The van der Waals surface area contributed by atoms with Crippen molar-refractivity contribution in [1.82, 2.24) is 0 Å². The van der Waals surface area contributed by atoms with Crippen LogP contribution in [-0.2, 0) is 4.79 Å². The van der Waals surface area contributed by atoms with Crippen LogP contribution in [0.2, 0.25) is 0 Å². The first-order valence-corrected chi connectivity index (χ1v) is 4.78. The maximum absolute atomic E-state index is 13.4. The van der Waals surface area contributed by atoms with Gasteiger partial charge in [-0.05, 0) is 24.2 Å². The van der Waals surface area contributed by atoms with E-state index in [1.165, 1.54) is 0 Å². The molecule has 4 heteroatoms. The van der Waals surface area contributed by atoms with Gasteiger partial charge in [-0.3, -0.25) is 0 Å². The quantitative estimate of drug-likeness (QED) is 0.718. The first kappa shape index (κ1) is 11.4. The molecule has 0 aromatic rings. The molecule has 14 heavy (non-hydrogen) atoms. The molecule has 2 N–H and O–H groups in total. The summed E-state index contributed by atoms with van der Waals surface area (Å²) in [5.74, 6) is -1.89. The molecule has 0 aliphatic heterocycles. The number of aliphatic carboxylic acids is 1. The molecule has 3 nitrogen and oxygen atoms in total. The Morgan fingerprint density at radius 3 is 2.36 bits per heavy atom. The molecule has 0 heterocycles. The zero-order valence-electron chi connectivity index (χ0n) is 8.75. The van der Waals surface area contributed by atoms with Gasteiger partial charge in [-0.25, -0.2) is 9.18 Å². The third kappa shape index (κ3) is 1.75. The van der Waals surface area contributed by atoms with Crippen molar-refractivity contribution < 1.29 is 19.4 Å². The Hall–Kier alpha value is -0.640. The molecule has 0 bridgehead atoms. The highest BCUT2D eigenvalue weighted by Crippen LogP contribution is 2.49. The Kier molecular flexibility index (Phi) is 2.61. The number of aliphatic hydroxyl groups is 1. The van der Waals surface area contributed by atoms with Crippen LogP contribution in [0.3, 0.4) is 0 Å². The van der Waals surface area contributed by atoms with Gasteiger partial charge in [0.05, 0.1) is 0 Å². The number of alkyl halides is 1. The highest BCUT2D eigenvalue weighted by atomic mass is 19.1. The van der Waals surface area contributed by atoms with Crippen LogP contribution in [0, 0.1) is 11.3 Å². The summed E-state index contributed by atoms with van der Waals surface area (Å²) in [6.07, 6.45) is -1.33. The van der Waals surface area contributed by atoms with E-state index < -0.39 is 17.7 Å². The Bertz CT molecular complexity index is 252. The van der Waals surface area contributed by atoms with Gasteiger partial charge in [0.1, 0.15) is 5.60 Å². The molecule has 0 aromatic carbocycles. The maximum Gasteiger partial charge on any atom is 0.341 e. The lowest BCUT2D eigenvalue weighted by Gasteiger charge is -2.29. The van der Waals surface area contributed by atoms with Gasteiger partial charge < -0.3 is 10.2 Å². The second-order valence-corrected chi connectivity index (χ2v) is 5.14. The first-order valence-electron chi connectivity index (χ1n) is 4.78. The highest BCUT2D eigenvalue weighted by molar-refractivity contribution is 5.74. The summed E-state index contributed by atoms with van der Waals surface area (Å²) in [5.41, 5.74) is -1.89. The molecule has 1 fully saturated rings. The van der Waals surface area contributed by atoms with E-state index in [0.29, 0.717) is 6.42 Å². The summed E-state index contributed by atoms with van der Waals surface area (Å²) in [6, 6.07) is 0. The predicted molar refractivity (Wildman–Crippen MR) is 49.7 cm³/mol. The molecule has 1 saturated carbocycles. The van der Waals surface area contributed by atoms with E-state index >= 15 is 0 Å². The summed E-state index contributed by atoms with van der Waals surface area (Å²) < 4.78 is 13.4. The normalized spacial score (nSPS) is 38.2. The van der Waals surface area contributed by atoms with E-state index in [2.05, 4.69) is 0 Å². The molecule has 3 unspecified atom stereocenters. The highest BCUT2D eigenvalue weighted by Gasteiger charge is 2.55. The number of carboxylic acid groups (broad SMARTS) is 1. The predicted octanol–water partition coefficient (Wildman–Crippen LogP) is 1.60. The Morgan fingerprint density at radius 1 is 1.57 bits per heavy atom. The van der Waals surface area contributed by atoms with Crippen LogP contribution in [0.1, 0.15) is 33.6 Å². The van der Waals surface area contributed by atoms with Crippen LogP contribution in [0.25, 0.3) is 0 Å². The Balaban J connectivity index is 2.90. The number of hydrogen-bond donors (Lipinski definition) is 2. The molecule has 0 aromatic heterocycles. The molecule has 1 aliphatic carbocycles. The molecular weight excluding hydrogens is 187 g/mol. The van der Waals surface area contributed by atoms with Gasteiger partial charge in [-0.1, -0.05) is 20.8 Å². The molecule has 3 atom stereocenters. The first-order chi connectivity index (χ1) is 6.19. The van der Waals surface area contributed by atoms with Crippen molar-refractivity contribution in [2.75, 3.05) is 0 Å². The van der Waals surface area contributed by atoms with Crippen molar-refractivity contribution in [3.8, 4) is 0 Å². The lowest BCUT2D eigenvalue weighted by molar-refractivity contribution is -0.157. The summed E-state index contributed by atoms with van der Waals surface area (Å²) in [4.78, 5) is 10.5. The number of halogens is 1. The second kappa shape index (κ2) is 3.19. The van der Waals surface area contributed by atoms with Crippen molar-refractivity contribution in [1.29, 1.82) is 0 Å². The Labute approximate surface area is 82.9 Å². The summed E-state index contributed by atoms with van der Waals surface area (Å²) in [7, 11) is 0. The van der Waals surface area contributed by atoms with Crippen molar-refractivity contribution >= 4 is 5.97 Å². The minimum absolute atomic E-state index is 0.187. The topological polar surface area (TPSA) is 57.5 Å². The average molecular weight is 204 g/mol. The van der Waals surface area contributed by atoms with Crippen LogP contribution in [0.4, 0.5) is 4.39 Å². The van der Waals surface area contributed by atoms with Gasteiger partial charge in [0, 0.05) is 0 Å². The molecule has 0 amide bonds. The smallest absolute Gasteiger partial charge is 0.341 e. The van der Waals surface area contributed by atoms with Crippen LogP contribution < -0.4 is 0 Å². The molecule has 0 spiro atoms. The Morgan fingerprint density at radius 2 is 2.07 bits per heavy atom. The van der Waals surface area contributed by atoms with Crippen molar-refractivity contribution in [3.05, 3.63) is 0 Å². The van der Waals surface area contributed by atoms with Gasteiger partial charge in [0.15, 0.2) is 0 Å². The second-order valence-electron chi connectivity index (χ2n) is 5.14. The van der Waals surface area contributed by atoms with Gasteiger partial charge in [-0.15, -0.1) is 0 Å². The number of rotatable bonds is 2. The third-order valence-corrected chi connectivity index (χ3v) is 3.13. The molecule has 0 radical (unpaired) electrons. The zero-order valence-corrected chi connectivity index (χ0v) is 8.75. The third-order valence-electron chi connectivity index (χ3n) is 3.13. The molecule has 0 saturated heterocycles. The van der Waals surface area contributed by atoms with Crippen LogP contribution in [0.15, 0.2) is 0 Å². The average Bonchev–Trinajstić information content (AvgIpc) is 2.20. The molecule has 82 valence electrons. The number of carboxylic acids is 1. The van der Waals surface area contributed by atoms with Gasteiger partial charge >= 0.3 is 5.97 Å². The van der Waals surface area contributed by atoms with E-state index in [9.17, 15) is 14.3 Å². The fourth-order valence-corrected chi connectivity index (χ4v) is 2.57. The molecular formula is C10H17FO3. The van der Waals surface area contributed by atoms with E-state index in [0.717, 1.165) is 0 Å². The fraction of sp³-hybridized carbons (Fsp3) is 0.900. The molecule has 1 rings (SSSR count). The summed E-state index contributed by atoms with van der Waals surface area (Å²) in [5, 5.41) is 18.5. The minimum atomic E-state index is -2.18. The standard InChI is InChI=1S/C10H17FO3/c1-6-4-9(2,3)5-10(6,14)7(11)8(12)13/h6-7,14H,4-5H2,1-3H3,(H,12,13). The maximum atomic E-state index is 13.4. The summed E-state index contributed by atoms with van der Waals surface area (Å²) in [6.45, 7) is 5.52. The zero-order chi connectivity index (χ0) is 11.1. The van der Waals surface area contributed by atoms with E-state index in [-0.39, 0.29) is 17.8 Å². The van der Waals surface area contributed by atoms with Crippen LogP contribution in [0.5, 0.6) is 0 Å². The van der Waals surface area contributed by atoms with Crippen molar-refractivity contribution in [2.24, 2.45) is 11.3 Å². The van der Waals surface area contributed by atoms with Gasteiger partial charge in [0.25, 0.3) is 0 Å². The van der Waals surface area contributed by atoms with Crippen molar-refractivity contribution in [2.45, 2.75) is 45.4 Å². The van der Waals surface area contributed by atoms with E-state index in [1.54, 1.807) is 6.92 Å². The van der Waals surface area contributed by atoms with Gasteiger partial charge in [-0.2, -0.15) is 0 Å². The van der Waals surface area contributed by atoms with Crippen molar-refractivity contribution in [3.63, 3.8) is 0 Å². The largest absolute Gasteiger partial charge is 0.479 e. The monoisotopic (exact) mass is 204 g/mol. The lowest BCUT2D eigenvalue weighted by atomic mass is 9.86. The van der Waals surface area contributed by atoms with E-state index in [4.69, 9.17) is 5.11 Å². The van der Waals surface area contributed by atoms with Gasteiger partial charge in [0.2, 0.25) is 6.17 Å². The molecule has 1 aliphatic rings. The number of hydrogen-bond acceptors (Lipinski definition) is 2.